The SMILES string of the molecule is CCN(CC)CCCC(C)NC(=O)c1cc(-c2cccn2C)nn1-c1cc(C)ccc1C. The molecule has 32 heavy (non-hydrogen) atoms. The molecule has 0 saturated carbocycles. The van der Waals surface area contributed by atoms with E-state index in [4.69, 9.17) is 5.10 Å². The third-order valence-corrected chi connectivity index (χ3v) is 6.12. The number of carbonyl (C=O) groups excluding carboxylic acids is 1. The zero-order chi connectivity index (χ0) is 23.3. The molecule has 6 nitrogen and oxygen atoms in total. The van der Waals surface area contributed by atoms with Crippen LogP contribution >= 0.6 is 0 Å². The number of aryl methyl sites for hydroxylation is 3. The summed E-state index contributed by atoms with van der Waals surface area (Å²) in [6.07, 6.45) is 4.00. The number of nitrogens with zero attached hydrogens (tertiary/aromatic N) is 4. The van der Waals surface area contributed by atoms with Crippen molar-refractivity contribution in [2.75, 3.05) is 19.6 Å². The maximum atomic E-state index is 13.3. The van der Waals surface area contributed by atoms with Crippen LogP contribution in [0.15, 0.2) is 42.6 Å². The Morgan fingerprint density at radius 1 is 1.16 bits per heavy atom. The fourth-order valence-electron chi connectivity index (χ4n) is 4.06. The van der Waals surface area contributed by atoms with Crippen LogP contribution in [-0.2, 0) is 7.05 Å². The van der Waals surface area contributed by atoms with E-state index in [1.165, 1.54) is 0 Å². The second-order valence-corrected chi connectivity index (χ2v) is 8.66. The van der Waals surface area contributed by atoms with E-state index in [9.17, 15) is 4.79 Å². The molecule has 1 amide bonds. The number of rotatable bonds is 10. The molecule has 0 aliphatic carbocycles. The van der Waals surface area contributed by atoms with Gasteiger partial charge in [0.05, 0.1) is 11.4 Å². The van der Waals surface area contributed by atoms with Gasteiger partial charge in [-0.3, -0.25) is 4.79 Å². The molecule has 0 aliphatic rings. The van der Waals surface area contributed by atoms with E-state index in [0.717, 1.165) is 60.7 Å². The summed E-state index contributed by atoms with van der Waals surface area (Å²) in [6.45, 7) is 13.8. The molecule has 0 aliphatic heterocycles. The highest BCUT2D eigenvalue weighted by Gasteiger charge is 2.21. The number of benzene rings is 1. The first-order valence-electron chi connectivity index (χ1n) is 11.7. The van der Waals surface area contributed by atoms with Gasteiger partial charge < -0.3 is 14.8 Å². The standard InChI is InChI=1S/C26H37N5O/c1-7-30(8-2)16-9-11-21(5)27-26(32)25-18-22(23-12-10-15-29(23)6)28-31(25)24-17-19(3)13-14-20(24)4/h10,12-15,17-18,21H,7-9,11,16H2,1-6H3,(H,27,32). The number of amides is 1. The summed E-state index contributed by atoms with van der Waals surface area (Å²) in [5.41, 5.74) is 5.49. The van der Waals surface area contributed by atoms with Crippen molar-refractivity contribution in [1.82, 2.24) is 24.6 Å². The predicted molar refractivity (Wildman–Crippen MR) is 131 cm³/mol. The second-order valence-electron chi connectivity index (χ2n) is 8.66. The summed E-state index contributed by atoms with van der Waals surface area (Å²) in [6, 6.07) is 12.2. The monoisotopic (exact) mass is 435 g/mol. The Balaban J connectivity index is 1.85. The van der Waals surface area contributed by atoms with Gasteiger partial charge in [-0.15, -0.1) is 0 Å². The van der Waals surface area contributed by atoms with Crippen LogP contribution in [0, 0.1) is 13.8 Å². The Kier molecular flexibility index (Phi) is 7.91. The van der Waals surface area contributed by atoms with Gasteiger partial charge in [-0.25, -0.2) is 4.68 Å². The quantitative estimate of drug-likeness (QED) is 0.501. The average Bonchev–Trinajstić information content (AvgIpc) is 3.39. The number of hydrogen-bond donors (Lipinski definition) is 1. The van der Waals surface area contributed by atoms with E-state index in [1.54, 1.807) is 4.68 Å². The van der Waals surface area contributed by atoms with E-state index < -0.39 is 0 Å². The third kappa shape index (κ3) is 5.49. The molecule has 0 spiro atoms. The van der Waals surface area contributed by atoms with Gasteiger partial charge in [0.25, 0.3) is 5.91 Å². The minimum atomic E-state index is -0.0887. The lowest BCUT2D eigenvalue weighted by Crippen LogP contribution is -2.34. The molecule has 0 bridgehead atoms. The first kappa shape index (κ1) is 23.8. The number of hydrogen-bond acceptors (Lipinski definition) is 3. The van der Waals surface area contributed by atoms with Gasteiger partial charge in [0, 0.05) is 19.3 Å². The molecule has 3 aromatic rings. The van der Waals surface area contributed by atoms with Gasteiger partial charge in [-0.05, 0) is 88.6 Å². The number of aromatic nitrogens is 3. The first-order chi connectivity index (χ1) is 15.3. The summed E-state index contributed by atoms with van der Waals surface area (Å²) < 4.78 is 3.82. The van der Waals surface area contributed by atoms with Crippen LogP contribution < -0.4 is 5.32 Å². The van der Waals surface area contributed by atoms with E-state index in [0.29, 0.717) is 5.69 Å². The maximum Gasteiger partial charge on any atom is 0.270 e. The van der Waals surface area contributed by atoms with Crippen molar-refractivity contribution in [3.8, 4) is 17.1 Å². The highest BCUT2D eigenvalue weighted by molar-refractivity contribution is 5.94. The molecular formula is C26H37N5O. The van der Waals surface area contributed by atoms with Crippen molar-refractivity contribution < 1.29 is 4.79 Å². The molecule has 1 N–H and O–H groups in total. The molecule has 1 aromatic carbocycles. The molecule has 0 fully saturated rings. The largest absolute Gasteiger partial charge is 0.349 e. The van der Waals surface area contributed by atoms with Gasteiger partial charge in [0.15, 0.2) is 0 Å². The fraction of sp³-hybridized carbons (Fsp3) is 0.462. The van der Waals surface area contributed by atoms with Crippen molar-refractivity contribution in [1.29, 1.82) is 0 Å². The third-order valence-electron chi connectivity index (χ3n) is 6.12. The molecule has 6 heteroatoms. The molecule has 0 saturated heterocycles. The van der Waals surface area contributed by atoms with Gasteiger partial charge in [0.2, 0.25) is 0 Å². The Hall–Kier alpha value is -2.86. The highest BCUT2D eigenvalue weighted by atomic mass is 16.2. The summed E-state index contributed by atoms with van der Waals surface area (Å²) in [4.78, 5) is 15.7. The van der Waals surface area contributed by atoms with Crippen LogP contribution in [0.3, 0.4) is 0 Å². The highest BCUT2D eigenvalue weighted by Crippen LogP contribution is 2.24. The zero-order valence-corrected chi connectivity index (χ0v) is 20.4. The molecule has 3 rings (SSSR count). The lowest BCUT2D eigenvalue weighted by atomic mass is 10.1. The lowest BCUT2D eigenvalue weighted by Gasteiger charge is -2.20. The molecular weight excluding hydrogens is 398 g/mol. The van der Waals surface area contributed by atoms with Gasteiger partial charge >= 0.3 is 0 Å². The van der Waals surface area contributed by atoms with E-state index in [-0.39, 0.29) is 11.9 Å². The van der Waals surface area contributed by atoms with Crippen LogP contribution in [0.4, 0.5) is 0 Å². The molecule has 2 heterocycles. The summed E-state index contributed by atoms with van der Waals surface area (Å²) in [5, 5.41) is 8.05. The molecule has 1 unspecified atom stereocenters. The van der Waals surface area contributed by atoms with E-state index >= 15 is 0 Å². The zero-order valence-electron chi connectivity index (χ0n) is 20.4. The number of carbonyl (C=O) groups is 1. The summed E-state index contributed by atoms with van der Waals surface area (Å²) in [5.74, 6) is -0.0887. The average molecular weight is 436 g/mol. The van der Waals surface area contributed by atoms with Crippen LogP contribution in [0.5, 0.6) is 0 Å². The molecule has 0 radical (unpaired) electrons. The predicted octanol–water partition coefficient (Wildman–Crippen LogP) is 4.73. The van der Waals surface area contributed by atoms with E-state index in [1.807, 2.05) is 36.0 Å². The Labute approximate surface area is 192 Å². The molecule has 172 valence electrons. The second kappa shape index (κ2) is 10.6. The van der Waals surface area contributed by atoms with Gasteiger partial charge in [-0.1, -0.05) is 26.0 Å². The minimum absolute atomic E-state index is 0.0887. The summed E-state index contributed by atoms with van der Waals surface area (Å²) in [7, 11) is 1.99. The molecule has 1 atom stereocenters. The van der Waals surface area contributed by atoms with Crippen LogP contribution in [0.1, 0.15) is 55.2 Å². The Morgan fingerprint density at radius 2 is 1.91 bits per heavy atom. The maximum absolute atomic E-state index is 13.3. The van der Waals surface area contributed by atoms with Gasteiger partial charge in [0.1, 0.15) is 11.4 Å². The number of nitrogens with one attached hydrogen (secondary N) is 1. The van der Waals surface area contributed by atoms with Crippen molar-refractivity contribution >= 4 is 5.91 Å². The molecule has 2 aromatic heterocycles. The van der Waals surface area contributed by atoms with Crippen molar-refractivity contribution in [2.24, 2.45) is 7.05 Å². The van der Waals surface area contributed by atoms with Crippen molar-refractivity contribution in [3.05, 3.63) is 59.4 Å². The Morgan fingerprint density at radius 3 is 2.56 bits per heavy atom. The van der Waals surface area contributed by atoms with Gasteiger partial charge in [-0.2, -0.15) is 5.10 Å². The fourth-order valence-corrected chi connectivity index (χ4v) is 4.06. The van der Waals surface area contributed by atoms with E-state index in [2.05, 4.69) is 63.0 Å². The normalized spacial score (nSPS) is 12.3. The smallest absolute Gasteiger partial charge is 0.270 e. The van der Waals surface area contributed by atoms with Crippen molar-refractivity contribution in [2.45, 2.75) is 53.5 Å². The minimum Gasteiger partial charge on any atom is -0.349 e. The lowest BCUT2D eigenvalue weighted by molar-refractivity contribution is 0.0929. The van der Waals surface area contributed by atoms with Crippen LogP contribution in [-0.4, -0.2) is 50.8 Å². The van der Waals surface area contributed by atoms with Crippen LogP contribution in [0.2, 0.25) is 0 Å². The Bertz CT molecular complexity index is 1040. The van der Waals surface area contributed by atoms with Crippen LogP contribution in [0.25, 0.3) is 17.1 Å². The summed E-state index contributed by atoms with van der Waals surface area (Å²) >= 11 is 0. The topological polar surface area (TPSA) is 55.1 Å². The first-order valence-corrected chi connectivity index (χ1v) is 11.7. The van der Waals surface area contributed by atoms with Crippen molar-refractivity contribution in [3.63, 3.8) is 0 Å².